The smallest absolute Gasteiger partial charge is 0.134 e. The number of hydrogen-bond acceptors (Lipinski definition) is 3. The number of hydrogen-bond donors (Lipinski definition) is 1. The number of aromatic nitrogens is 1. The van der Waals surface area contributed by atoms with Gasteiger partial charge in [-0.05, 0) is 17.7 Å². The Hall–Kier alpha value is -1.06. The molecule has 0 saturated carbocycles. The highest BCUT2D eigenvalue weighted by atomic mass is 35.5. The van der Waals surface area contributed by atoms with E-state index in [1.165, 1.54) is 0 Å². The molecule has 0 bridgehead atoms. The Morgan fingerprint density at radius 2 is 2.29 bits per heavy atom. The Kier molecular flexibility index (Phi) is 2.70. The molecule has 0 unspecified atom stereocenters. The summed E-state index contributed by atoms with van der Waals surface area (Å²) in [6.07, 6.45) is 0.794. The summed E-state index contributed by atoms with van der Waals surface area (Å²) in [6, 6.07) is 7.78. The third-order valence-electron chi connectivity index (χ3n) is 1.81. The summed E-state index contributed by atoms with van der Waals surface area (Å²) in [5, 5.41) is 3.62. The average molecular weight is 225 g/mol. The van der Waals surface area contributed by atoms with Gasteiger partial charge in [0.1, 0.15) is 5.82 Å². The van der Waals surface area contributed by atoms with Gasteiger partial charge in [0.05, 0.1) is 5.01 Å². The standard InChI is InChI=1S/C10H9ClN2S/c11-8-3-1-2-7(4-8)5-10-13-9(12)6-14-10/h1-4,6H,5,12H2. The van der Waals surface area contributed by atoms with E-state index in [0.717, 1.165) is 22.0 Å². The Morgan fingerprint density at radius 3 is 2.93 bits per heavy atom. The zero-order valence-electron chi connectivity index (χ0n) is 7.40. The lowest BCUT2D eigenvalue weighted by Gasteiger charge is -1.97. The highest BCUT2D eigenvalue weighted by molar-refractivity contribution is 7.10. The van der Waals surface area contributed by atoms with Crippen LogP contribution in [0.1, 0.15) is 10.6 Å². The van der Waals surface area contributed by atoms with Gasteiger partial charge in [0, 0.05) is 16.8 Å². The zero-order valence-corrected chi connectivity index (χ0v) is 8.98. The Balaban J connectivity index is 2.18. The molecule has 72 valence electrons. The van der Waals surface area contributed by atoms with E-state index >= 15 is 0 Å². The van der Waals surface area contributed by atoms with Crippen LogP contribution in [0.15, 0.2) is 29.6 Å². The van der Waals surface area contributed by atoms with Crippen LogP contribution in [0.25, 0.3) is 0 Å². The summed E-state index contributed by atoms with van der Waals surface area (Å²) < 4.78 is 0. The van der Waals surface area contributed by atoms with Gasteiger partial charge in [-0.15, -0.1) is 11.3 Å². The fourth-order valence-corrected chi connectivity index (χ4v) is 2.16. The normalized spacial score (nSPS) is 10.4. The van der Waals surface area contributed by atoms with Gasteiger partial charge in [-0.25, -0.2) is 4.98 Å². The van der Waals surface area contributed by atoms with Gasteiger partial charge in [0.2, 0.25) is 0 Å². The summed E-state index contributed by atoms with van der Waals surface area (Å²) in [6.45, 7) is 0. The molecule has 0 fully saturated rings. The topological polar surface area (TPSA) is 38.9 Å². The van der Waals surface area contributed by atoms with Crippen molar-refractivity contribution in [2.24, 2.45) is 0 Å². The van der Waals surface area contributed by atoms with E-state index < -0.39 is 0 Å². The monoisotopic (exact) mass is 224 g/mol. The number of thiazole rings is 1. The summed E-state index contributed by atoms with van der Waals surface area (Å²) in [7, 11) is 0. The third-order valence-corrected chi connectivity index (χ3v) is 2.92. The van der Waals surface area contributed by atoms with Crippen LogP contribution in [-0.4, -0.2) is 4.98 Å². The quantitative estimate of drug-likeness (QED) is 0.852. The average Bonchev–Trinajstić information content (AvgIpc) is 2.51. The molecule has 2 rings (SSSR count). The van der Waals surface area contributed by atoms with E-state index in [2.05, 4.69) is 4.98 Å². The van der Waals surface area contributed by atoms with Crippen molar-refractivity contribution in [3.63, 3.8) is 0 Å². The van der Waals surface area contributed by atoms with E-state index in [0.29, 0.717) is 5.82 Å². The van der Waals surface area contributed by atoms with E-state index in [1.54, 1.807) is 11.3 Å². The molecule has 0 spiro atoms. The molecule has 0 aliphatic rings. The molecule has 1 aromatic heterocycles. The van der Waals surface area contributed by atoms with Crippen LogP contribution in [0.3, 0.4) is 0 Å². The van der Waals surface area contributed by atoms with Crippen molar-refractivity contribution >= 4 is 28.8 Å². The molecule has 0 radical (unpaired) electrons. The molecule has 2 aromatic rings. The van der Waals surface area contributed by atoms with Crippen LogP contribution in [0.5, 0.6) is 0 Å². The number of benzene rings is 1. The van der Waals surface area contributed by atoms with Crippen LogP contribution in [0.4, 0.5) is 5.82 Å². The molecule has 1 aromatic carbocycles. The van der Waals surface area contributed by atoms with Crippen LogP contribution in [0.2, 0.25) is 5.02 Å². The molecule has 0 aliphatic heterocycles. The lowest BCUT2D eigenvalue weighted by Crippen LogP contribution is -1.89. The highest BCUT2D eigenvalue weighted by Gasteiger charge is 2.01. The minimum atomic E-state index is 0.590. The summed E-state index contributed by atoms with van der Waals surface area (Å²) in [4.78, 5) is 4.19. The molecule has 1 heterocycles. The van der Waals surface area contributed by atoms with Crippen molar-refractivity contribution in [2.45, 2.75) is 6.42 Å². The molecule has 0 amide bonds. The molecule has 0 saturated heterocycles. The SMILES string of the molecule is Nc1csc(Cc2cccc(Cl)c2)n1. The Morgan fingerprint density at radius 1 is 1.43 bits per heavy atom. The number of nitrogens with two attached hydrogens (primary N) is 1. The lowest BCUT2D eigenvalue weighted by molar-refractivity contribution is 1.14. The molecular formula is C10H9ClN2S. The van der Waals surface area contributed by atoms with Crippen molar-refractivity contribution < 1.29 is 0 Å². The molecule has 0 aliphatic carbocycles. The van der Waals surface area contributed by atoms with Crippen molar-refractivity contribution in [2.75, 3.05) is 5.73 Å². The van der Waals surface area contributed by atoms with Crippen LogP contribution in [0, 0.1) is 0 Å². The first-order valence-electron chi connectivity index (χ1n) is 4.18. The minimum absolute atomic E-state index is 0.590. The Bertz CT molecular complexity index is 439. The fourth-order valence-electron chi connectivity index (χ4n) is 1.23. The van der Waals surface area contributed by atoms with Gasteiger partial charge in [-0.1, -0.05) is 23.7 Å². The van der Waals surface area contributed by atoms with Crippen LogP contribution >= 0.6 is 22.9 Å². The fraction of sp³-hybridized carbons (Fsp3) is 0.100. The van der Waals surface area contributed by atoms with Gasteiger partial charge in [-0.2, -0.15) is 0 Å². The predicted molar refractivity (Wildman–Crippen MR) is 60.8 cm³/mol. The number of anilines is 1. The van der Waals surface area contributed by atoms with Crippen molar-refractivity contribution in [1.82, 2.24) is 4.98 Å². The number of nitrogens with zero attached hydrogens (tertiary/aromatic N) is 1. The summed E-state index contributed by atoms with van der Waals surface area (Å²) >= 11 is 7.45. The molecule has 2 N–H and O–H groups in total. The van der Waals surface area contributed by atoms with Crippen molar-refractivity contribution in [3.8, 4) is 0 Å². The van der Waals surface area contributed by atoms with E-state index in [4.69, 9.17) is 17.3 Å². The second-order valence-electron chi connectivity index (χ2n) is 2.97. The highest BCUT2D eigenvalue weighted by Crippen LogP contribution is 2.18. The summed E-state index contributed by atoms with van der Waals surface area (Å²) in [5.74, 6) is 0.590. The molecule has 0 atom stereocenters. The first-order chi connectivity index (χ1) is 6.74. The predicted octanol–water partition coefficient (Wildman–Crippen LogP) is 2.97. The zero-order chi connectivity index (χ0) is 9.97. The molecule has 14 heavy (non-hydrogen) atoms. The number of halogens is 1. The van der Waals surface area contributed by atoms with Gasteiger partial charge in [-0.3, -0.25) is 0 Å². The molecular weight excluding hydrogens is 216 g/mol. The van der Waals surface area contributed by atoms with E-state index in [9.17, 15) is 0 Å². The van der Waals surface area contributed by atoms with E-state index in [1.807, 2.05) is 29.6 Å². The second kappa shape index (κ2) is 3.98. The van der Waals surface area contributed by atoms with Crippen molar-refractivity contribution in [3.05, 3.63) is 45.2 Å². The van der Waals surface area contributed by atoms with Gasteiger partial charge >= 0.3 is 0 Å². The Labute approximate surface area is 91.4 Å². The maximum absolute atomic E-state index is 5.87. The number of nitrogen functional groups attached to an aromatic ring is 1. The second-order valence-corrected chi connectivity index (χ2v) is 4.35. The lowest BCUT2D eigenvalue weighted by atomic mass is 10.2. The molecule has 4 heteroatoms. The number of rotatable bonds is 2. The van der Waals surface area contributed by atoms with E-state index in [-0.39, 0.29) is 0 Å². The molecule has 2 nitrogen and oxygen atoms in total. The van der Waals surface area contributed by atoms with Crippen LogP contribution in [-0.2, 0) is 6.42 Å². The maximum Gasteiger partial charge on any atom is 0.134 e. The van der Waals surface area contributed by atoms with Gasteiger partial charge in [0.15, 0.2) is 0 Å². The largest absolute Gasteiger partial charge is 0.383 e. The van der Waals surface area contributed by atoms with Crippen molar-refractivity contribution in [1.29, 1.82) is 0 Å². The minimum Gasteiger partial charge on any atom is -0.383 e. The maximum atomic E-state index is 5.87. The van der Waals surface area contributed by atoms with Gasteiger partial charge in [0.25, 0.3) is 0 Å². The first kappa shape index (κ1) is 9.49. The first-order valence-corrected chi connectivity index (χ1v) is 5.44. The summed E-state index contributed by atoms with van der Waals surface area (Å²) in [5.41, 5.74) is 6.69. The third kappa shape index (κ3) is 2.25. The van der Waals surface area contributed by atoms with Gasteiger partial charge < -0.3 is 5.73 Å². The van der Waals surface area contributed by atoms with Crippen LogP contribution < -0.4 is 5.73 Å².